The number of rotatable bonds is 4. The number of non-ortho nitro benzene ring substituents is 1. The predicted octanol–water partition coefficient (Wildman–Crippen LogP) is 3.69. The molecule has 0 aliphatic rings. The van der Waals surface area contributed by atoms with E-state index in [0.717, 1.165) is 0 Å². The molecule has 0 heterocycles. The number of hydrogen-bond acceptors (Lipinski definition) is 3. The van der Waals surface area contributed by atoms with Crippen LogP contribution in [0.2, 0.25) is 0 Å². The first-order valence-electron chi connectivity index (χ1n) is 6.46. The summed E-state index contributed by atoms with van der Waals surface area (Å²) < 4.78 is 13.4. The summed E-state index contributed by atoms with van der Waals surface area (Å²) in [6.45, 7) is 1.72. The van der Waals surface area contributed by atoms with Crippen molar-refractivity contribution < 1.29 is 14.1 Å². The number of nitro groups is 1. The largest absolute Gasteiger partial charge is 0.322 e. The van der Waals surface area contributed by atoms with Gasteiger partial charge in [0.05, 0.1) is 10.6 Å². The molecule has 0 radical (unpaired) electrons. The van der Waals surface area contributed by atoms with E-state index in [1.54, 1.807) is 25.1 Å². The highest BCUT2D eigenvalue weighted by atomic mass is 19.1. The zero-order valence-corrected chi connectivity index (χ0v) is 11.7. The molecule has 6 heteroatoms. The Balaban J connectivity index is 2.14. The summed E-state index contributed by atoms with van der Waals surface area (Å²) in [5.41, 5.74) is 1.21. The highest BCUT2D eigenvalue weighted by molar-refractivity contribution is 6.02. The second-order valence-electron chi connectivity index (χ2n) is 4.60. The molecular formula is C16H13FN2O3. The number of aryl methyl sites for hydroxylation is 1. The number of nitro benzene ring substituents is 1. The van der Waals surface area contributed by atoms with Crippen molar-refractivity contribution in [3.05, 3.63) is 75.6 Å². The molecule has 22 heavy (non-hydrogen) atoms. The second-order valence-corrected chi connectivity index (χ2v) is 4.60. The van der Waals surface area contributed by atoms with E-state index in [4.69, 9.17) is 0 Å². The molecule has 0 fully saturated rings. The first kappa shape index (κ1) is 15.4. The SMILES string of the molecule is Cc1ccc([N+](=O)[O-])cc1NC(=O)/C=C/c1ccccc1F. The molecule has 2 aromatic rings. The molecule has 112 valence electrons. The topological polar surface area (TPSA) is 72.2 Å². The van der Waals surface area contributed by atoms with Gasteiger partial charge in [-0.25, -0.2) is 4.39 Å². The Labute approximate surface area is 126 Å². The van der Waals surface area contributed by atoms with Crippen molar-refractivity contribution in [2.45, 2.75) is 6.92 Å². The van der Waals surface area contributed by atoms with Gasteiger partial charge in [0.25, 0.3) is 5.69 Å². The van der Waals surface area contributed by atoms with Crippen LogP contribution in [0.15, 0.2) is 48.5 Å². The van der Waals surface area contributed by atoms with E-state index in [1.165, 1.54) is 36.4 Å². The van der Waals surface area contributed by atoms with Crippen molar-refractivity contribution in [3.8, 4) is 0 Å². The van der Waals surface area contributed by atoms with Gasteiger partial charge in [-0.15, -0.1) is 0 Å². The number of carbonyl (C=O) groups excluding carboxylic acids is 1. The maximum atomic E-state index is 13.4. The molecule has 0 spiro atoms. The van der Waals surface area contributed by atoms with Crippen LogP contribution in [0.5, 0.6) is 0 Å². The van der Waals surface area contributed by atoms with Crippen LogP contribution in [0.1, 0.15) is 11.1 Å². The van der Waals surface area contributed by atoms with Crippen molar-refractivity contribution in [1.82, 2.24) is 0 Å². The van der Waals surface area contributed by atoms with Gasteiger partial charge in [-0.1, -0.05) is 24.3 Å². The van der Waals surface area contributed by atoms with E-state index in [9.17, 15) is 19.3 Å². The molecule has 2 aromatic carbocycles. The first-order chi connectivity index (χ1) is 10.5. The second kappa shape index (κ2) is 6.62. The van der Waals surface area contributed by atoms with E-state index in [0.29, 0.717) is 11.3 Å². The van der Waals surface area contributed by atoms with Crippen LogP contribution in [0.25, 0.3) is 6.08 Å². The van der Waals surface area contributed by atoms with Crippen LogP contribution in [-0.4, -0.2) is 10.8 Å². The molecule has 2 rings (SSSR count). The molecule has 1 N–H and O–H groups in total. The Hall–Kier alpha value is -3.02. The molecule has 5 nitrogen and oxygen atoms in total. The zero-order valence-electron chi connectivity index (χ0n) is 11.7. The number of nitrogens with zero attached hydrogens (tertiary/aromatic N) is 1. The highest BCUT2D eigenvalue weighted by Crippen LogP contribution is 2.21. The van der Waals surface area contributed by atoms with Gasteiger partial charge in [0, 0.05) is 23.8 Å². The number of halogens is 1. The minimum atomic E-state index is -0.537. The minimum absolute atomic E-state index is 0.112. The zero-order chi connectivity index (χ0) is 16.1. The van der Waals surface area contributed by atoms with Crippen molar-refractivity contribution in [1.29, 1.82) is 0 Å². The lowest BCUT2D eigenvalue weighted by Gasteiger charge is -2.06. The van der Waals surface area contributed by atoms with Gasteiger partial charge in [-0.3, -0.25) is 14.9 Å². The van der Waals surface area contributed by atoms with Crippen LogP contribution >= 0.6 is 0 Å². The number of carbonyl (C=O) groups is 1. The highest BCUT2D eigenvalue weighted by Gasteiger charge is 2.10. The number of amides is 1. The molecular weight excluding hydrogens is 287 g/mol. The van der Waals surface area contributed by atoms with Crippen LogP contribution in [-0.2, 0) is 4.79 Å². The summed E-state index contributed by atoms with van der Waals surface area (Å²) in [6.07, 6.45) is 2.52. The Morgan fingerprint density at radius 2 is 2.00 bits per heavy atom. The summed E-state index contributed by atoms with van der Waals surface area (Å²) in [5, 5.41) is 13.3. The molecule has 1 amide bonds. The van der Waals surface area contributed by atoms with Gasteiger partial charge in [-0.2, -0.15) is 0 Å². The lowest BCUT2D eigenvalue weighted by molar-refractivity contribution is -0.384. The summed E-state index contributed by atoms with van der Waals surface area (Å²) >= 11 is 0. The first-order valence-corrected chi connectivity index (χ1v) is 6.46. The molecule has 0 atom stereocenters. The maximum absolute atomic E-state index is 13.4. The van der Waals surface area contributed by atoms with Gasteiger partial charge in [-0.05, 0) is 24.6 Å². The molecule has 0 aromatic heterocycles. The quantitative estimate of drug-likeness (QED) is 0.531. The van der Waals surface area contributed by atoms with Crippen molar-refractivity contribution >= 4 is 23.4 Å². The Bertz CT molecular complexity index is 757. The van der Waals surface area contributed by atoms with Gasteiger partial charge in [0.15, 0.2) is 0 Å². The normalized spacial score (nSPS) is 10.6. The predicted molar refractivity (Wildman–Crippen MR) is 81.9 cm³/mol. The van der Waals surface area contributed by atoms with Gasteiger partial charge in [0.1, 0.15) is 5.82 Å². The molecule has 0 saturated carbocycles. The maximum Gasteiger partial charge on any atom is 0.271 e. The number of benzene rings is 2. The number of nitrogens with one attached hydrogen (secondary N) is 1. The fourth-order valence-corrected chi connectivity index (χ4v) is 1.81. The van der Waals surface area contributed by atoms with Crippen LogP contribution in [0.3, 0.4) is 0 Å². The standard InChI is InChI=1S/C16H13FN2O3/c1-11-6-8-13(19(21)22)10-15(11)18-16(20)9-7-12-4-2-3-5-14(12)17/h2-10H,1H3,(H,18,20)/b9-7+. The van der Waals surface area contributed by atoms with Crippen LogP contribution in [0, 0.1) is 22.9 Å². The third kappa shape index (κ3) is 3.76. The van der Waals surface area contributed by atoms with Gasteiger partial charge < -0.3 is 5.32 Å². The summed E-state index contributed by atoms with van der Waals surface area (Å²) in [5.74, 6) is -0.926. The lowest BCUT2D eigenvalue weighted by Crippen LogP contribution is -2.09. The summed E-state index contributed by atoms with van der Waals surface area (Å²) in [4.78, 5) is 22.0. The van der Waals surface area contributed by atoms with Crippen molar-refractivity contribution in [2.24, 2.45) is 0 Å². The summed E-state index contributed by atoms with van der Waals surface area (Å²) in [6, 6.07) is 10.2. The van der Waals surface area contributed by atoms with E-state index >= 15 is 0 Å². The Kier molecular flexibility index (Phi) is 4.63. The number of anilines is 1. The third-order valence-electron chi connectivity index (χ3n) is 3.01. The Morgan fingerprint density at radius 1 is 1.27 bits per heavy atom. The summed E-state index contributed by atoms with van der Waals surface area (Å²) in [7, 11) is 0. The molecule has 0 unspecified atom stereocenters. The third-order valence-corrected chi connectivity index (χ3v) is 3.01. The molecule has 0 saturated heterocycles. The minimum Gasteiger partial charge on any atom is -0.322 e. The van der Waals surface area contributed by atoms with Crippen LogP contribution < -0.4 is 5.32 Å². The average molecular weight is 300 g/mol. The van der Waals surface area contributed by atoms with Crippen molar-refractivity contribution in [2.75, 3.05) is 5.32 Å². The Morgan fingerprint density at radius 3 is 2.68 bits per heavy atom. The van der Waals surface area contributed by atoms with E-state index in [2.05, 4.69) is 5.32 Å². The van der Waals surface area contributed by atoms with Crippen molar-refractivity contribution in [3.63, 3.8) is 0 Å². The van der Waals surface area contributed by atoms with Gasteiger partial charge >= 0.3 is 0 Å². The molecule has 0 aliphatic carbocycles. The smallest absolute Gasteiger partial charge is 0.271 e. The molecule has 0 bridgehead atoms. The van der Waals surface area contributed by atoms with Gasteiger partial charge in [0.2, 0.25) is 5.91 Å². The fourth-order valence-electron chi connectivity index (χ4n) is 1.81. The average Bonchev–Trinajstić information content (AvgIpc) is 2.48. The van der Waals surface area contributed by atoms with Crippen LogP contribution in [0.4, 0.5) is 15.8 Å². The fraction of sp³-hybridized carbons (Fsp3) is 0.0625. The number of hydrogen-bond donors (Lipinski definition) is 1. The molecule has 0 aliphatic heterocycles. The van der Waals surface area contributed by atoms with E-state index < -0.39 is 16.6 Å². The van der Waals surface area contributed by atoms with E-state index in [1.807, 2.05) is 0 Å². The monoisotopic (exact) mass is 300 g/mol. The van der Waals surface area contributed by atoms with E-state index in [-0.39, 0.29) is 11.3 Å². The lowest BCUT2D eigenvalue weighted by atomic mass is 10.1.